The zero-order valence-electron chi connectivity index (χ0n) is 16.2. The third-order valence-corrected chi connectivity index (χ3v) is 18.5. The van der Waals surface area contributed by atoms with Crippen molar-refractivity contribution in [1.29, 1.82) is 0 Å². The first-order valence-electron chi connectivity index (χ1n) is 10.5. The van der Waals surface area contributed by atoms with Gasteiger partial charge in [0.25, 0.3) is 0 Å². The average Bonchev–Trinajstić information content (AvgIpc) is 3.36. The van der Waals surface area contributed by atoms with Gasteiger partial charge in [0.05, 0.1) is 0 Å². The first kappa shape index (κ1) is 17.6. The van der Waals surface area contributed by atoms with Gasteiger partial charge < -0.3 is 0 Å². The number of fused-ring (bicyclic) bond motifs is 3. The standard InChI is InChI=1S/C13H9.C7H11.C5H5.CH3.Zr/c1-3-7-12-10(5-1)9-11-6-2-4-8-13(11)12;1-7-5-3-2-4-6-7;1-2-4-5-3-1;;/h1-9H;1H,2-6H2;1-5H;1H3;. The summed E-state index contributed by atoms with van der Waals surface area (Å²) >= 11 is -2.77. The van der Waals surface area contributed by atoms with E-state index in [1.54, 1.807) is 16.7 Å². The van der Waals surface area contributed by atoms with Crippen molar-refractivity contribution < 1.29 is 20.3 Å². The minimum atomic E-state index is -2.77. The van der Waals surface area contributed by atoms with Gasteiger partial charge in [-0.15, -0.1) is 0 Å². The van der Waals surface area contributed by atoms with E-state index in [9.17, 15) is 0 Å². The summed E-state index contributed by atoms with van der Waals surface area (Å²) in [5, 5.41) is 0. The predicted octanol–water partition coefficient (Wildman–Crippen LogP) is 7.72. The fraction of sp³-hybridized carbons (Fsp3) is 0.308. The first-order chi connectivity index (χ1) is 13.3. The van der Waals surface area contributed by atoms with Gasteiger partial charge in [-0.2, -0.15) is 0 Å². The van der Waals surface area contributed by atoms with Crippen LogP contribution in [0.15, 0.2) is 82.2 Å². The maximum atomic E-state index is 2.89. The molecular formula is C26H28Zr. The summed E-state index contributed by atoms with van der Waals surface area (Å²) in [4.78, 5) is 0. The van der Waals surface area contributed by atoms with Crippen LogP contribution in [0, 0.1) is 0 Å². The van der Waals surface area contributed by atoms with Crippen molar-refractivity contribution in [2.45, 2.75) is 44.0 Å². The molecule has 0 aromatic heterocycles. The Labute approximate surface area is 168 Å². The SMILES string of the molecule is [CH3][Zr]([CH]=C1CCCCC1)([CH]1C=CC=C1)[CH]1c2ccccc2-c2ccccc21. The fourth-order valence-electron chi connectivity index (χ4n) is 5.63. The van der Waals surface area contributed by atoms with Crippen molar-refractivity contribution in [3.8, 4) is 11.1 Å². The fourth-order valence-corrected chi connectivity index (χ4v) is 17.5. The van der Waals surface area contributed by atoms with E-state index in [0.717, 1.165) is 0 Å². The predicted molar refractivity (Wildman–Crippen MR) is 113 cm³/mol. The Hall–Kier alpha value is -1.46. The van der Waals surface area contributed by atoms with Crippen LogP contribution in [-0.2, 0) is 20.3 Å². The molecule has 0 N–H and O–H groups in total. The monoisotopic (exact) mass is 430 g/mol. The van der Waals surface area contributed by atoms with E-state index in [0.29, 0.717) is 7.25 Å². The zero-order chi connectivity index (χ0) is 18.3. The Bertz CT molecular complexity index is 883. The molecule has 0 amide bonds. The molecule has 136 valence electrons. The number of rotatable bonds is 3. The molecule has 27 heavy (non-hydrogen) atoms. The van der Waals surface area contributed by atoms with E-state index in [-0.39, 0.29) is 0 Å². The second kappa shape index (κ2) is 7.17. The van der Waals surface area contributed by atoms with Crippen molar-refractivity contribution in [3.05, 3.63) is 93.3 Å². The van der Waals surface area contributed by atoms with Crippen LogP contribution >= 0.6 is 0 Å². The van der Waals surface area contributed by atoms with E-state index in [2.05, 4.69) is 81.3 Å². The van der Waals surface area contributed by atoms with Gasteiger partial charge in [-0.05, 0) is 0 Å². The molecule has 5 rings (SSSR count). The number of hydrogen-bond acceptors (Lipinski definition) is 0. The van der Waals surface area contributed by atoms with E-state index < -0.39 is 20.3 Å². The Morgan fingerprint density at radius 2 is 1.33 bits per heavy atom. The third kappa shape index (κ3) is 2.99. The molecule has 1 heteroatoms. The Morgan fingerprint density at radius 3 is 1.93 bits per heavy atom. The van der Waals surface area contributed by atoms with Gasteiger partial charge in [0, 0.05) is 0 Å². The molecule has 1 unspecified atom stereocenters. The van der Waals surface area contributed by atoms with Gasteiger partial charge >= 0.3 is 169 Å². The summed E-state index contributed by atoms with van der Waals surface area (Å²) in [5.74, 6) is 0. The summed E-state index contributed by atoms with van der Waals surface area (Å²) in [6, 6.07) is 18.4. The van der Waals surface area contributed by atoms with E-state index in [1.165, 1.54) is 43.2 Å². The van der Waals surface area contributed by atoms with Crippen molar-refractivity contribution in [2.24, 2.45) is 0 Å². The van der Waals surface area contributed by atoms with Crippen molar-refractivity contribution >= 4 is 0 Å². The molecule has 0 nitrogen and oxygen atoms in total. The second-order valence-electron chi connectivity index (χ2n) is 8.63. The summed E-state index contributed by atoms with van der Waals surface area (Å²) in [6.45, 7) is 0. The molecule has 0 saturated heterocycles. The van der Waals surface area contributed by atoms with Crippen molar-refractivity contribution in [1.82, 2.24) is 0 Å². The molecule has 3 aliphatic rings. The van der Waals surface area contributed by atoms with Crippen LogP contribution in [0.5, 0.6) is 0 Å². The molecule has 1 saturated carbocycles. The van der Waals surface area contributed by atoms with Gasteiger partial charge in [0.15, 0.2) is 0 Å². The van der Waals surface area contributed by atoms with Crippen LogP contribution in [0.25, 0.3) is 11.1 Å². The summed E-state index contributed by atoms with van der Waals surface area (Å²) in [5.41, 5.74) is 7.93. The topological polar surface area (TPSA) is 0 Å². The normalized spacial score (nSPS) is 21.1. The molecule has 1 fully saturated rings. The van der Waals surface area contributed by atoms with Crippen LogP contribution in [0.2, 0.25) is 8.26 Å². The summed E-state index contributed by atoms with van der Waals surface area (Å²) < 4.78 is 6.89. The van der Waals surface area contributed by atoms with E-state index >= 15 is 0 Å². The third-order valence-electron chi connectivity index (χ3n) is 6.93. The molecule has 0 radical (unpaired) electrons. The Kier molecular flexibility index (Phi) is 4.68. The Morgan fingerprint density at radius 1 is 0.778 bits per heavy atom. The molecule has 0 heterocycles. The number of allylic oxidation sites excluding steroid dienone is 5. The molecule has 2 aromatic carbocycles. The van der Waals surface area contributed by atoms with E-state index in [1.807, 2.05) is 0 Å². The van der Waals surface area contributed by atoms with Crippen LogP contribution < -0.4 is 0 Å². The molecule has 0 aliphatic heterocycles. The average molecular weight is 432 g/mol. The van der Waals surface area contributed by atoms with Crippen LogP contribution in [0.4, 0.5) is 0 Å². The first-order valence-corrected chi connectivity index (χ1v) is 17.2. The maximum absolute atomic E-state index is 2.89. The second-order valence-corrected chi connectivity index (χ2v) is 19.1. The number of hydrogen-bond donors (Lipinski definition) is 0. The van der Waals surface area contributed by atoms with Crippen LogP contribution in [-0.4, -0.2) is 0 Å². The van der Waals surface area contributed by atoms with Gasteiger partial charge in [0.1, 0.15) is 0 Å². The van der Waals surface area contributed by atoms with Crippen LogP contribution in [0.3, 0.4) is 0 Å². The molecule has 1 atom stereocenters. The molecular weight excluding hydrogens is 404 g/mol. The van der Waals surface area contributed by atoms with Gasteiger partial charge in [-0.3, -0.25) is 0 Å². The molecule has 3 aliphatic carbocycles. The zero-order valence-corrected chi connectivity index (χ0v) is 18.7. The van der Waals surface area contributed by atoms with Crippen molar-refractivity contribution in [2.75, 3.05) is 0 Å². The quantitative estimate of drug-likeness (QED) is 0.466. The Balaban J connectivity index is 1.70. The summed E-state index contributed by atoms with van der Waals surface area (Å²) in [7, 11) is 0. The van der Waals surface area contributed by atoms with Gasteiger partial charge in [-0.1, -0.05) is 0 Å². The van der Waals surface area contributed by atoms with E-state index in [4.69, 9.17) is 0 Å². The minimum absolute atomic E-state index is 0.624. The van der Waals surface area contributed by atoms with Crippen LogP contribution in [0.1, 0.15) is 46.9 Å². The molecule has 0 spiro atoms. The molecule has 0 bridgehead atoms. The van der Waals surface area contributed by atoms with Gasteiger partial charge in [0.2, 0.25) is 0 Å². The van der Waals surface area contributed by atoms with Gasteiger partial charge in [-0.25, -0.2) is 0 Å². The molecule has 2 aromatic rings. The van der Waals surface area contributed by atoms with Crippen molar-refractivity contribution in [3.63, 3.8) is 0 Å². The summed E-state index contributed by atoms with van der Waals surface area (Å²) in [6.07, 6.45) is 16.4. The number of benzene rings is 2.